The maximum atomic E-state index is 14.7. The lowest BCUT2D eigenvalue weighted by molar-refractivity contribution is -0.255. The Morgan fingerprint density at radius 2 is 1.59 bits per heavy atom. The van der Waals surface area contributed by atoms with Crippen molar-refractivity contribution in [2.24, 2.45) is 22.9 Å². The first-order chi connectivity index (χ1) is 33.3. The third-order valence-corrected chi connectivity index (χ3v) is 13.0. The van der Waals surface area contributed by atoms with Crippen LogP contribution in [-0.2, 0) is 27.5 Å². The lowest BCUT2D eigenvalue weighted by Crippen LogP contribution is -2.70. The van der Waals surface area contributed by atoms with Gasteiger partial charge in [-0.15, -0.1) is 6.58 Å². The van der Waals surface area contributed by atoms with E-state index in [9.17, 15) is 19.8 Å². The number of aliphatic hydroxyl groups is 2. The summed E-state index contributed by atoms with van der Waals surface area (Å²) < 4.78 is 37.4. The fourth-order valence-corrected chi connectivity index (χ4v) is 10.0. The van der Waals surface area contributed by atoms with Crippen LogP contribution in [0.3, 0.4) is 0 Å². The molecule has 1 aliphatic heterocycles. The Morgan fingerprint density at radius 3 is 2.26 bits per heavy atom. The highest BCUT2D eigenvalue weighted by atomic mass is 16.7. The van der Waals surface area contributed by atoms with Crippen LogP contribution in [0.25, 0.3) is 0 Å². The van der Waals surface area contributed by atoms with E-state index in [2.05, 4.69) is 18.0 Å². The third-order valence-electron chi connectivity index (χ3n) is 13.0. The molecule has 4 aromatic carbocycles. The number of amides is 2. The number of fused-ring (bicyclic) bond motifs is 2. The van der Waals surface area contributed by atoms with Crippen molar-refractivity contribution in [3.8, 4) is 23.0 Å². The van der Waals surface area contributed by atoms with Gasteiger partial charge in [-0.3, -0.25) is 10.2 Å². The topological polar surface area (TPSA) is 167 Å². The number of rotatable bonds is 23. The first-order valence-corrected chi connectivity index (χ1v) is 23.7. The second-order valence-electron chi connectivity index (χ2n) is 17.3. The van der Waals surface area contributed by atoms with E-state index in [0.29, 0.717) is 54.5 Å². The normalized spacial score (nSPS) is 21.8. The van der Waals surface area contributed by atoms with Gasteiger partial charge in [0.2, 0.25) is 5.79 Å². The molecule has 1 heterocycles. The first-order valence-electron chi connectivity index (χ1n) is 23.7. The summed E-state index contributed by atoms with van der Waals surface area (Å²) in [6.07, 6.45) is 7.79. The van der Waals surface area contributed by atoms with Crippen LogP contribution in [0.2, 0.25) is 0 Å². The molecule has 68 heavy (non-hydrogen) atoms. The summed E-state index contributed by atoms with van der Waals surface area (Å²) in [4.78, 5) is 36.2. The van der Waals surface area contributed by atoms with Crippen LogP contribution < -0.4 is 24.3 Å². The van der Waals surface area contributed by atoms with E-state index in [0.717, 1.165) is 47.9 Å². The van der Waals surface area contributed by atoms with E-state index in [1.807, 2.05) is 73.7 Å². The lowest BCUT2D eigenvalue weighted by atomic mass is 9.55. The number of methoxy groups -OCH3 is 2. The van der Waals surface area contributed by atoms with E-state index >= 15 is 0 Å². The number of nitrogens with zero attached hydrogens (tertiary/aromatic N) is 2. The van der Waals surface area contributed by atoms with Gasteiger partial charge in [-0.25, -0.2) is 9.59 Å². The number of carbonyl (C=O) groups excluding carboxylic acids is 2. The van der Waals surface area contributed by atoms with Gasteiger partial charge in [-0.1, -0.05) is 97.7 Å². The van der Waals surface area contributed by atoms with Crippen molar-refractivity contribution in [2.75, 3.05) is 45.9 Å². The van der Waals surface area contributed by atoms with Gasteiger partial charge in [0.05, 0.1) is 38.1 Å². The molecule has 2 aliphatic carbocycles. The molecule has 0 unspecified atom stereocenters. The molecule has 6 atom stereocenters. The molecule has 7 rings (SSSR count). The number of oxime groups is 1. The number of hydrogen-bond acceptors (Lipinski definition) is 12. The summed E-state index contributed by atoms with van der Waals surface area (Å²) in [6.45, 7) is 6.88. The van der Waals surface area contributed by atoms with Crippen molar-refractivity contribution in [3.63, 3.8) is 0 Å². The number of hydrogen-bond donors (Lipinski definition) is 3. The fraction of sp³-hybridized carbons (Fsp3) is 0.426. The Labute approximate surface area is 399 Å². The molecular formula is C54H65N3O11. The number of carbonyl (C=O) groups is 2. The minimum Gasteiger partial charge on any atom is -0.497 e. The molecule has 362 valence electrons. The molecule has 0 bridgehead atoms. The number of ether oxygens (including phenoxy) is 6. The maximum absolute atomic E-state index is 14.7. The molecule has 1 saturated carbocycles. The van der Waals surface area contributed by atoms with E-state index in [4.69, 9.17) is 38.4 Å². The quantitative estimate of drug-likeness (QED) is 0.0368. The molecule has 14 heteroatoms. The number of allylic oxidation sites excluding steroid dienone is 1. The van der Waals surface area contributed by atoms with Crippen molar-refractivity contribution >= 4 is 23.6 Å². The Balaban J connectivity index is 1.38. The van der Waals surface area contributed by atoms with Crippen LogP contribution in [0.15, 0.2) is 127 Å². The Bertz CT molecular complexity index is 2360. The highest BCUT2D eigenvalue weighted by Gasteiger charge is 2.65. The lowest BCUT2D eigenvalue weighted by Gasteiger charge is -2.59. The smallest absolute Gasteiger partial charge is 0.417 e. The minimum absolute atomic E-state index is 0.00610. The zero-order chi connectivity index (χ0) is 47.9. The van der Waals surface area contributed by atoms with Crippen molar-refractivity contribution in [1.29, 1.82) is 0 Å². The highest BCUT2D eigenvalue weighted by molar-refractivity contribution is 6.03. The van der Waals surface area contributed by atoms with Gasteiger partial charge in [0.15, 0.2) is 0 Å². The fourth-order valence-electron chi connectivity index (χ4n) is 10.0. The molecule has 3 aliphatic rings. The molecule has 14 nitrogen and oxygen atoms in total. The highest BCUT2D eigenvalue weighted by Crippen LogP contribution is 2.62. The van der Waals surface area contributed by atoms with E-state index in [-0.39, 0.29) is 63.0 Å². The van der Waals surface area contributed by atoms with Crippen molar-refractivity contribution < 1.29 is 53.1 Å². The molecule has 0 saturated heterocycles. The van der Waals surface area contributed by atoms with Gasteiger partial charge >= 0.3 is 12.2 Å². The van der Waals surface area contributed by atoms with Crippen LogP contribution >= 0.6 is 0 Å². The summed E-state index contributed by atoms with van der Waals surface area (Å²) in [5, 5.41) is 27.7. The SMILES string of the molecule is C=CCO[C@@]12Oc3ccc(OC(=O)Nc4ccc(OC)cc4OC)cc3[C@H]3[C@H](CCCCO)[C@@H](CCCCO)C=C(C(=NOCc4ccccc4)C[C@@H]1N(CCC)C(=O)OCc1ccccc1)[C@H]32. The van der Waals surface area contributed by atoms with E-state index in [1.54, 1.807) is 48.4 Å². The summed E-state index contributed by atoms with van der Waals surface area (Å²) in [5.74, 6) is -0.711. The molecule has 1 fully saturated rings. The summed E-state index contributed by atoms with van der Waals surface area (Å²) in [5.41, 5.74) is 4.53. The number of nitrogens with one attached hydrogen (secondary N) is 1. The molecular weight excluding hydrogens is 867 g/mol. The predicted molar refractivity (Wildman–Crippen MR) is 259 cm³/mol. The Kier molecular flexibility index (Phi) is 17.6. The standard InChI is InChI=1S/C54H65N3O11/c1-5-27-57(53(61)64-35-37-17-9-7-10-18-37)49-34-46(56-66-36-38-19-11-8-12-20-38)43-31-39(21-13-15-28-58)42(22-14-16-29-59)50-44-32-41(24-26-47(44)68-54(49,51(43)50)65-30-6-2)67-52(60)55-45-25-23-40(62-3)33-48(45)63-4/h6-12,17-20,23-26,31-33,39,42,49-51,58-59H,2,5,13-16,21-22,27-30,34-36H2,1,3-4H3,(H,55,60)/t39-,42+,49-,50+,51+,54+/m0/s1. The number of benzene rings is 4. The van der Waals surface area contributed by atoms with Crippen molar-refractivity contribution in [3.05, 3.63) is 138 Å². The van der Waals surface area contributed by atoms with E-state index in [1.165, 1.54) is 7.11 Å². The molecule has 0 spiro atoms. The van der Waals surface area contributed by atoms with Gasteiger partial charge in [0.1, 0.15) is 42.3 Å². The summed E-state index contributed by atoms with van der Waals surface area (Å²) >= 11 is 0. The number of anilines is 1. The second-order valence-corrected chi connectivity index (χ2v) is 17.3. The Hall–Kier alpha value is -6.35. The average Bonchev–Trinajstić information content (AvgIpc) is 3.36. The zero-order valence-corrected chi connectivity index (χ0v) is 39.3. The largest absolute Gasteiger partial charge is 0.497 e. The molecule has 0 radical (unpaired) electrons. The molecule has 4 aromatic rings. The summed E-state index contributed by atoms with van der Waals surface area (Å²) in [7, 11) is 3.05. The van der Waals surface area contributed by atoms with Crippen molar-refractivity contribution in [2.45, 2.75) is 89.3 Å². The van der Waals surface area contributed by atoms with Crippen LogP contribution in [0.4, 0.5) is 15.3 Å². The van der Waals surface area contributed by atoms with Gasteiger partial charge in [-0.2, -0.15) is 0 Å². The first kappa shape index (κ1) is 49.6. The molecule has 2 amide bonds. The second kappa shape index (κ2) is 24.1. The molecule has 0 aromatic heterocycles. The zero-order valence-electron chi connectivity index (χ0n) is 39.3. The molecule has 3 N–H and O–H groups in total. The van der Waals surface area contributed by atoms with Gasteiger partial charge in [0.25, 0.3) is 0 Å². The monoisotopic (exact) mass is 931 g/mol. The van der Waals surface area contributed by atoms with Crippen LogP contribution in [-0.4, -0.2) is 85.4 Å². The maximum Gasteiger partial charge on any atom is 0.417 e. The summed E-state index contributed by atoms with van der Waals surface area (Å²) in [6, 6.07) is 29.0. The number of unbranched alkanes of at least 4 members (excludes halogenated alkanes) is 2. The Morgan fingerprint density at radius 1 is 0.882 bits per heavy atom. The van der Waals surface area contributed by atoms with Gasteiger partial charge < -0.3 is 43.5 Å². The average molecular weight is 932 g/mol. The van der Waals surface area contributed by atoms with Crippen LogP contribution in [0, 0.1) is 17.8 Å². The van der Waals surface area contributed by atoms with E-state index < -0.39 is 29.9 Å². The minimum atomic E-state index is -1.49. The van der Waals surface area contributed by atoms with Crippen molar-refractivity contribution in [1.82, 2.24) is 4.90 Å². The van der Waals surface area contributed by atoms with Gasteiger partial charge in [0, 0.05) is 43.7 Å². The predicted octanol–water partition coefficient (Wildman–Crippen LogP) is 10.2. The van der Waals surface area contributed by atoms with Gasteiger partial charge in [-0.05, 0) is 91.0 Å². The third kappa shape index (κ3) is 11.5. The number of aliphatic hydroxyl groups excluding tert-OH is 2. The van der Waals surface area contributed by atoms with Crippen LogP contribution in [0.5, 0.6) is 23.0 Å². The van der Waals surface area contributed by atoms with Crippen LogP contribution in [0.1, 0.15) is 80.9 Å².